The van der Waals surface area contributed by atoms with Gasteiger partial charge >= 0.3 is 5.97 Å². The first-order chi connectivity index (χ1) is 7.45. The summed E-state index contributed by atoms with van der Waals surface area (Å²) < 4.78 is 0. The average Bonchev–Trinajstić information content (AvgIpc) is 2.75. The number of hydrogen-bond acceptors (Lipinski definition) is 3. The zero-order valence-corrected chi connectivity index (χ0v) is 10.7. The molecule has 4 heteroatoms. The molecule has 0 aromatic rings. The maximum Gasteiger partial charge on any atom is 0.307 e. The van der Waals surface area contributed by atoms with Gasteiger partial charge in [0.1, 0.15) is 6.07 Å². The summed E-state index contributed by atoms with van der Waals surface area (Å²) in [7, 11) is 0. The van der Waals surface area contributed by atoms with Crippen LogP contribution in [0.4, 0.5) is 0 Å². The van der Waals surface area contributed by atoms with Crippen LogP contribution in [0.5, 0.6) is 0 Å². The Bertz CT molecular complexity index is 355. The molecule has 0 saturated heterocycles. The fourth-order valence-corrected chi connectivity index (χ4v) is 2.68. The molecule has 2 atom stereocenters. The predicted molar refractivity (Wildman–Crippen MR) is 64.8 cm³/mol. The highest BCUT2D eigenvalue weighted by molar-refractivity contribution is 8.03. The van der Waals surface area contributed by atoms with Crippen molar-refractivity contribution in [3.63, 3.8) is 0 Å². The summed E-state index contributed by atoms with van der Waals surface area (Å²) in [5.41, 5.74) is -0.208. The third-order valence-corrected chi connectivity index (χ3v) is 4.23. The van der Waals surface area contributed by atoms with Crippen LogP contribution in [0.1, 0.15) is 27.2 Å². The minimum absolute atomic E-state index is 0.00371. The summed E-state index contributed by atoms with van der Waals surface area (Å²) in [5.74, 6) is -0.185. The van der Waals surface area contributed by atoms with Crippen LogP contribution in [-0.2, 0) is 4.79 Å². The van der Waals surface area contributed by atoms with Crippen molar-refractivity contribution in [1.82, 2.24) is 0 Å². The van der Waals surface area contributed by atoms with Gasteiger partial charge in [-0.1, -0.05) is 26.8 Å². The molecule has 1 N–H and O–H groups in total. The molecule has 1 unspecified atom stereocenters. The highest BCUT2D eigenvalue weighted by Gasteiger charge is 2.61. The van der Waals surface area contributed by atoms with Crippen molar-refractivity contribution < 1.29 is 9.90 Å². The number of aliphatic carboxylic acids is 1. The molecule has 0 aliphatic heterocycles. The van der Waals surface area contributed by atoms with E-state index >= 15 is 0 Å². The van der Waals surface area contributed by atoms with Gasteiger partial charge in [-0.3, -0.25) is 4.79 Å². The molecule has 1 aliphatic rings. The van der Waals surface area contributed by atoms with Crippen molar-refractivity contribution in [3.8, 4) is 6.07 Å². The standard InChI is InChI=1S/C12H17NO2S/c1-4-5-16-8(7-13)6-9-10(11(14)15)12(9,2)3/h6,9-10H,4-5H2,1-3H3,(H,14,15)/t9?,10-/m0/s1. The Morgan fingerprint density at radius 2 is 2.25 bits per heavy atom. The van der Waals surface area contributed by atoms with Gasteiger partial charge in [0.05, 0.1) is 10.8 Å². The van der Waals surface area contributed by atoms with E-state index in [-0.39, 0.29) is 17.3 Å². The lowest BCUT2D eigenvalue weighted by atomic mass is 10.1. The van der Waals surface area contributed by atoms with Gasteiger partial charge in [-0.15, -0.1) is 11.8 Å². The Hall–Kier alpha value is -0.950. The summed E-state index contributed by atoms with van der Waals surface area (Å²) in [5, 5.41) is 17.9. The smallest absolute Gasteiger partial charge is 0.307 e. The SMILES string of the molecule is CCCSC(C#N)=CC1[C@@H](C(=O)O)C1(C)C. The van der Waals surface area contributed by atoms with Crippen LogP contribution in [0.15, 0.2) is 11.0 Å². The quantitative estimate of drug-likeness (QED) is 0.749. The molecule has 0 spiro atoms. The minimum Gasteiger partial charge on any atom is -0.481 e. The largest absolute Gasteiger partial charge is 0.481 e. The molecule has 0 amide bonds. The van der Waals surface area contributed by atoms with Gasteiger partial charge in [0.2, 0.25) is 0 Å². The number of hydrogen-bond donors (Lipinski definition) is 1. The Labute approximate surface area is 101 Å². The lowest BCUT2D eigenvalue weighted by Gasteiger charge is -1.98. The number of thioether (sulfide) groups is 1. The minimum atomic E-state index is -0.760. The monoisotopic (exact) mass is 239 g/mol. The average molecular weight is 239 g/mol. The third kappa shape index (κ3) is 2.59. The second kappa shape index (κ2) is 4.92. The van der Waals surface area contributed by atoms with Crippen molar-refractivity contribution in [3.05, 3.63) is 11.0 Å². The van der Waals surface area contributed by atoms with E-state index < -0.39 is 5.97 Å². The molecule has 16 heavy (non-hydrogen) atoms. The second-order valence-corrected chi connectivity index (χ2v) is 5.79. The Balaban J connectivity index is 2.70. The van der Waals surface area contributed by atoms with Gasteiger partial charge in [0.15, 0.2) is 0 Å². The molecule has 1 fully saturated rings. The van der Waals surface area contributed by atoms with Crippen molar-refractivity contribution in [2.75, 3.05) is 5.75 Å². The fourth-order valence-electron chi connectivity index (χ4n) is 1.95. The van der Waals surface area contributed by atoms with E-state index in [0.29, 0.717) is 4.91 Å². The molecular weight excluding hydrogens is 222 g/mol. The Kier molecular flexibility index (Phi) is 4.03. The van der Waals surface area contributed by atoms with Crippen LogP contribution in [0.3, 0.4) is 0 Å². The number of rotatable bonds is 5. The summed E-state index contributed by atoms with van der Waals surface area (Å²) in [6.45, 7) is 5.93. The first-order valence-electron chi connectivity index (χ1n) is 5.42. The Morgan fingerprint density at radius 3 is 2.62 bits per heavy atom. The molecule has 1 saturated carbocycles. The van der Waals surface area contributed by atoms with E-state index in [4.69, 9.17) is 10.4 Å². The van der Waals surface area contributed by atoms with E-state index in [0.717, 1.165) is 12.2 Å². The Morgan fingerprint density at radius 1 is 1.62 bits per heavy atom. The second-order valence-electron chi connectivity index (χ2n) is 4.65. The number of carbonyl (C=O) groups is 1. The number of nitrogens with zero attached hydrogens (tertiary/aromatic N) is 1. The molecule has 1 rings (SSSR count). The maximum atomic E-state index is 11.0. The summed E-state index contributed by atoms with van der Waals surface area (Å²) in [4.78, 5) is 11.6. The zero-order valence-electron chi connectivity index (χ0n) is 9.86. The first-order valence-corrected chi connectivity index (χ1v) is 6.41. The lowest BCUT2D eigenvalue weighted by molar-refractivity contribution is -0.139. The molecule has 0 radical (unpaired) electrons. The molecule has 0 aromatic heterocycles. The highest BCUT2D eigenvalue weighted by Crippen LogP contribution is 2.59. The molecule has 0 aromatic carbocycles. The normalized spacial score (nSPS) is 27.2. The van der Waals surface area contributed by atoms with Crippen LogP contribution >= 0.6 is 11.8 Å². The first kappa shape index (κ1) is 13.1. The molecule has 0 bridgehead atoms. The van der Waals surface area contributed by atoms with Crippen LogP contribution < -0.4 is 0 Å². The van der Waals surface area contributed by atoms with Crippen molar-refractivity contribution in [1.29, 1.82) is 5.26 Å². The van der Waals surface area contributed by atoms with E-state index in [9.17, 15) is 4.79 Å². The molecule has 88 valence electrons. The van der Waals surface area contributed by atoms with Gasteiger partial charge in [-0.2, -0.15) is 5.26 Å². The summed E-state index contributed by atoms with van der Waals surface area (Å²) in [6.07, 6.45) is 2.85. The van der Waals surface area contributed by atoms with Gasteiger partial charge in [0.25, 0.3) is 0 Å². The number of nitriles is 1. The van der Waals surface area contributed by atoms with Crippen LogP contribution in [0, 0.1) is 28.6 Å². The topological polar surface area (TPSA) is 61.1 Å². The van der Waals surface area contributed by atoms with Crippen molar-refractivity contribution in [2.24, 2.45) is 17.3 Å². The van der Waals surface area contributed by atoms with Crippen LogP contribution in [-0.4, -0.2) is 16.8 Å². The van der Waals surface area contributed by atoms with Gasteiger partial charge in [-0.05, 0) is 23.5 Å². The molecule has 3 nitrogen and oxygen atoms in total. The van der Waals surface area contributed by atoms with E-state index in [2.05, 4.69) is 13.0 Å². The zero-order chi connectivity index (χ0) is 12.3. The van der Waals surface area contributed by atoms with Crippen LogP contribution in [0.2, 0.25) is 0 Å². The number of carboxylic acid groups (broad SMARTS) is 1. The van der Waals surface area contributed by atoms with E-state index in [1.807, 2.05) is 19.9 Å². The lowest BCUT2D eigenvalue weighted by Crippen LogP contribution is -2.03. The van der Waals surface area contributed by atoms with E-state index in [1.165, 1.54) is 11.8 Å². The number of allylic oxidation sites excluding steroid dienone is 2. The molecule has 0 heterocycles. The highest BCUT2D eigenvalue weighted by atomic mass is 32.2. The number of carboxylic acids is 1. The predicted octanol–water partition coefficient (Wildman–Crippen LogP) is 2.89. The maximum absolute atomic E-state index is 11.0. The van der Waals surface area contributed by atoms with E-state index in [1.54, 1.807) is 0 Å². The van der Waals surface area contributed by atoms with Gasteiger partial charge in [-0.25, -0.2) is 0 Å². The third-order valence-electron chi connectivity index (χ3n) is 3.08. The fraction of sp³-hybridized carbons (Fsp3) is 0.667. The molecular formula is C12H17NO2S. The molecule has 1 aliphatic carbocycles. The summed E-state index contributed by atoms with van der Waals surface area (Å²) >= 11 is 1.51. The van der Waals surface area contributed by atoms with Gasteiger partial charge < -0.3 is 5.11 Å². The van der Waals surface area contributed by atoms with Gasteiger partial charge in [0, 0.05) is 0 Å². The van der Waals surface area contributed by atoms with Crippen molar-refractivity contribution in [2.45, 2.75) is 27.2 Å². The van der Waals surface area contributed by atoms with Crippen molar-refractivity contribution >= 4 is 17.7 Å². The van der Waals surface area contributed by atoms with Crippen LogP contribution in [0.25, 0.3) is 0 Å². The summed E-state index contributed by atoms with van der Waals surface area (Å²) in [6, 6.07) is 2.14.